The number of phenols is 1. The molecular weight excluding hydrogens is 378 g/mol. The summed E-state index contributed by atoms with van der Waals surface area (Å²) in [5.41, 5.74) is 2.62. The van der Waals surface area contributed by atoms with Crippen LogP contribution in [0.1, 0.15) is 36.1 Å². The highest BCUT2D eigenvalue weighted by atomic mass is 16.5. The number of aromatic hydroxyl groups is 1. The van der Waals surface area contributed by atoms with E-state index < -0.39 is 6.10 Å². The number of phenolic OH excluding ortho intramolecular Hbond substituents is 1. The van der Waals surface area contributed by atoms with Gasteiger partial charge >= 0.3 is 0 Å². The van der Waals surface area contributed by atoms with Gasteiger partial charge in [0.1, 0.15) is 11.5 Å². The molecule has 1 unspecified atom stereocenters. The molecule has 3 aromatic rings. The maximum absolute atomic E-state index is 13.1. The summed E-state index contributed by atoms with van der Waals surface area (Å²) < 4.78 is 5.22. The Morgan fingerprint density at radius 2 is 1.63 bits per heavy atom. The van der Waals surface area contributed by atoms with E-state index in [4.69, 9.17) is 4.74 Å². The Morgan fingerprint density at radius 1 is 0.967 bits per heavy atom. The van der Waals surface area contributed by atoms with E-state index >= 15 is 0 Å². The topological polar surface area (TPSA) is 70.0 Å². The van der Waals surface area contributed by atoms with Crippen molar-refractivity contribution in [1.29, 1.82) is 0 Å². The van der Waals surface area contributed by atoms with E-state index in [1.54, 1.807) is 24.1 Å². The third kappa shape index (κ3) is 3.89. The maximum Gasteiger partial charge on any atom is 0.233 e. The Balaban J connectivity index is 1.56. The lowest BCUT2D eigenvalue weighted by atomic mass is 9.78. The molecule has 2 N–H and O–H groups in total. The third-order valence-electron chi connectivity index (χ3n) is 5.73. The fourth-order valence-corrected chi connectivity index (χ4v) is 4.09. The highest BCUT2D eigenvalue weighted by Gasteiger charge is 2.48. The minimum absolute atomic E-state index is 0.0403. The van der Waals surface area contributed by atoms with E-state index in [-0.39, 0.29) is 23.6 Å². The van der Waals surface area contributed by atoms with Gasteiger partial charge in [-0.2, -0.15) is 0 Å². The summed E-state index contributed by atoms with van der Waals surface area (Å²) in [5, 5.41) is 20.2. The number of ether oxygens (including phenoxy) is 1. The van der Waals surface area contributed by atoms with E-state index in [1.165, 1.54) is 0 Å². The molecule has 1 amide bonds. The molecule has 1 heterocycles. The number of carbonyl (C=O) groups excluding carboxylic acids is 1. The SMILES string of the molecule is COc1ccc(N2C(=O)C(CC[C@H](O)c3ccccc3)[C@H]2c2ccc(O)cc2)cc1. The normalized spacial score (nSPS) is 19.3. The molecule has 1 saturated heterocycles. The molecule has 0 saturated carbocycles. The predicted octanol–water partition coefficient (Wildman–Crippen LogP) is 4.62. The Hall–Kier alpha value is -3.31. The number of hydrogen-bond donors (Lipinski definition) is 2. The van der Waals surface area contributed by atoms with Gasteiger partial charge in [0.05, 0.1) is 25.2 Å². The molecule has 0 spiro atoms. The van der Waals surface area contributed by atoms with Gasteiger partial charge in [-0.1, -0.05) is 42.5 Å². The molecule has 0 radical (unpaired) electrons. The number of carbonyl (C=O) groups is 1. The molecule has 0 aromatic heterocycles. The molecule has 5 nitrogen and oxygen atoms in total. The van der Waals surface area contributed by atoms with Crippen molar-refractivity contribution in [2.75, 3.05) is 12.0 Å². The molecule has 1 aliphatic heterocycles. The average Bonchev–Trinajstić information content (AvgIpc) is 2.79. The summed E-state index contributed by atoms with van der Waals surface area (Å²) in [6.07, 6.45) is 0.480. The predicted molar refractivity (Wildman–Crippen MR) is 115 cm³/mol. The second-order valence-corrected chi connectivity index (χ2v) is 7.55. The van der Waals surface area contributed by atoms with Gasteiger partial charge in [-0.3, -0.25) is 4.79 Å². The third-order valence-corrected chi connectivity index (χ3v) is 5.73. The molecule has 0 bridgehead atoms. The van der Waals surface area contributed by atoms with Gasteiger partial charge in [0.15, 0.2) is 0 Å². The van der Waals surface area contributed by atoms with E-state index in [0.717, 1.165) is 22.6 Å². The fourth-order valence-electron chi connectivity index (χ4n) is 4.09. The lowest BCUT2D eigenvalue weighted by molar-refractivity contribution is -0.131. The molecule has 3 atom stereocenters. The smallest absolute Gasteiger partial charge is 0.233 e. The number of β-lactam (4-membered cyclic amide) rings is 1. The number of benzene rings is 3. The summed E-state index contributed by atoms with van der Waals surface area (Å²) in [6.45, 7) is 0. The first-order chi connectivity index (χ1) is 14.6. The van der Waals surface area contributed by atoms with E-state index in [0.29, 0.717) is 12.8 Å². The Labute approximate surface area is 176 Å². The van der Waals surface area contributed by atoms with Crippen molar-refractivity contribution in [2.24, 2.45) is 5.92 Å². The number of anilines is 1. The van der Waals surface area contributed by atoms with Gasteiger partial charge < -0.3 is 19.8 Å². The zero-order valence-corrected chi connectivity index (χ0v) is 16.8. The summed E-state index contributed by atoms with van der Waals surface area (Å²) in [4.78, 5) is 14.9. The van der Waals surface area contributed by atoms with E-state index in [2.05, 4.69) is 0 Å². The zero-order chi connectivity index (χ0) is 21.1. The molecule has 0 aliphatic carbocycles. The zero-order valence-electron chi connectivity index (χ0n) is 16.8. The van der Waals surface area contributed by atoms with Crippen LogP contribution in [-0.2, 0) is 4.79 Å². The largest absolute Gasteiger partial charge is 0.508 e. The Kier molecular flexibility index (Phi) is 5.72. The number of rotatable bonds is 7. The first kappa shape index (κ1) is 20.0. The van der Waals surface area contributed by atoms with Gasteiger partial charge in [-0.15, -0.1) is 0 Å². The van der Waals surface area contributed by atoms with Crippen LogP contribution in [0.4, 0.5) is 5.69 Å². The van der Waals surface area contributed by atoms with Gasteiger partial charge in [0, 0.05) is 5.69 Å². The van der Waals surface area contributed by atoms with Crippen LogP contribution in [0.3, 0.4) is 0 Å². The van der Waals surface area contributed by atoms with Crippen molar-refractivity contribution in [2.45, 2.75) is 25.0 Å². The minimum Gasteiger partial charge on any atom is -0.508 e. The highest BCUT2D eigenvalue weighted by Crippen LogP contribution is 2.46. The van der Waals surface area contributed by atoms with E-state index in [1.807, 2.05) is 66.7 Å². The van der Waals surface area contributed by atoms with Crippen molar-refractivity contribution >= 4 is 11.6 Å². The van der Waals surface area contributed by atoms with Crippen LogP contribution < -0.4 is 9.64 Å². The number of methoxy groups -OCH3 is 1. The summed E-state index contributed by atoms with van der Waals surface area (Å²) in [5.74, 6) is 0.736. The lowest BCUT2D eigenvalue weighted by Gasteiger charge is -2.48. The van der Waals surface area contributed by atoms with Gasteiger partial charge in [0.25, 0.3) is 0 Å². The number of aliphatic hydroxyl groups excluding tert-OH is 1. The standard InChI is InChI=1S/C25H25NO4/c1-30-21-13-9-19(10-14-21)26-24(18-7-11-20(27)12-8-18)22(25(26)29)15-16-23(28)17-5-3-2-4-6-17/h2-14,22-24,27-28H,15-16H2,1H3/t22?,23-,24+/m0/s1. The first-order valence-corrected chi connectivity index (χ1v) is 10.1. The monoisotopic (exact) mass is 403 g/mol. The Bertz CT molecular complexity index is 986. The molecule has 154 valence electrons. The molecule has 30 heavy (non-hydrogen) atoms. The summed E-state index contributed by atoms with van der Waals surface area (Å²) in [7, 11) is 1.61. The lowest BCUT2D eigenvalue weighted by Crippen LogP contribution is -2.55. The van der Waals surface area contributed by atoms with Crippen LogP contribution in [0.5, 0.6) is 11.5 Å². The van der Waals surface area contributed by atoms with E-state index in [9.17, 15) is 15.0 Å². The van der Waals surface area contributed by atoms with Crippen molar-refractivity contribution in [3.8, 4) is 11.5 Å². The summed E-state index contributed by atoms with van der Waals surface area (Å²) >= 11 is 0. The van der Waals surface area contributed by atoms with Gasteiger partial charge in [-0.25, -0.2) is 0 Å². The molecule has 4 rings (SSSR count). The summed E-state index contributed by atoms with van der Waals surface area (Å²) in [6, 6.07) is 23.8. The second kappa shape index (κ2) is 8.59. The molecule has 1 aliphatic rings. The number of aliphatic hydroxyl groups is 1. The maximum atomic E-state index is 13.1. The fraction of sp³-hybridized carbons (Fsp3) is 0.240. The van der Waals surface area contributed by atoms with Crippen LogP contribution in [0.25, 0.3) is 0 Å². The molecule has 5 heteroatoms. The minimum atomic E-state index is -0.602. The molecular formula is C25H25NO4. The van der Waals surface area contributed by atoms with Crippen LogP contribution in [0, 0.1) is 5.92 Å². The van der Waals surface area contributed by atoms with Crippen molar-refractivity contribution in [3.63, 3.8) is 0 Å². The molecule has 1 fully saturated rings. The van der Waals surface area contributed by atoms with Crippen molar-refractivity contribution in [1.82, 2.24) is 0 Å². The Morgan fingerprint density at radius 3 is 2.27 bits per heavy atom. The molecule has 3 aromatic carbocycles. The highest BCUT2D eigenvalue weighted by molar-refractivity contribution is 6.03. The first-order valence-electron chi connectivity index (χ1n) is 10.1. The average molecular weight is 403 g/mol. The van der Waals surface area contributed by atoms with Crippen molar-refractivity contribution in [3.05, 3.63) is 90.0 Å². The van der Waals surface area contributed by atoms with Crippen LogP contribution in [-0.4, -0.2) is 23.2 Å². The quantitative estimate of drug-likeness (QED) is 0.565. The van der Waals surface area contributed by atoms with Crippen LogP contribution in [0.15, 0.2) is 78.9 Å². The number of amides is 1. The van der Waals surface area contributed by atoms with Gasteiger partial charge in [0.2, 0.25) is 5.91 Å². The number of nitrogens with zero attached hydrogens (tertiary/aromatic N) is 1. The van der Waals surface area contributed by atoms with Crippen molar-refractivity contribution < 1.29 is 19.7 Å². The number of hydrogen-bond acceptors (Lipinski definition) is 4. The second-order valence-electron chi connectivity index (χ2n) is 7.55. The van der Waals surface area contributed by atoms with Gasteiger partial charge in [-0.05, 0) is 60.4 Å². The van der Waals surface area contributed by atoms with Crippen LogP contribution in [0.2, 0.25) is 0 Å². The van der Waals surface area contributed by atoms with Crippen LogP contribution >= 0.6 is 0 Å².